The summed E-state index contributed by atoms with van der Waals surface area (Å²) in [5, 5.41) is 14.4. The van der Waals surface area contributed by atoms with Crippen LogP contribution in [0, 0.1) is 0 Å². The maximum absolute atomic E-state index is 13.6. The number of fused-ring (bicyclic) bond motifs is 1. The Hall–Kier alpha value is -3.27. The van der Waals surface area contributed by atoms with Gasteiger partial charge in [0, 0.05) is 21.3 Å². The number of para-hydroxylation sites is 2. The van der Waals surface area contributed by atoms with Crippen molar-refractivity contribution >= 4 is 52.2 Å². The molecule has 1 aliphatic heterocycles. The highest BCUT2D eigenvalue weighted by atomic mass is 35.5. The number of ether oxygens (including phenoxy) is 1. The first-order valence-electron chi connectivity index (χ1n) is 10.8. The van der Waals surface area contributed by atoms with E-state index in [2.05, 4.69) is 10.6 Å². The first-order valence-corrected chi connectivity index (χ1v) is 13.1. The maximum atomic E-state index is 13.6. The minimum absolute atomic E-state index is 0.232. The molecule has 0 radical (unpaired) electrons. The number of amides is 1. The van der Waals surface area contributed by atoms with E-state index in [0.29, 0.717) is 38.9 Å². The van der Waals surface area contributed by atoms with Crippen LogP contribution in [0.5, 0.6) is 5.75 Å². The van der Waals surface area contributed by atoms with E-state index in [4.69, 9.17) is 26.4 Å². The molecule has 0 spiro atoms. The molecule has 1 aliphatic rings. The number of hydrogen-bond donors (Lipinski definition) is 2. The lowest BCUT2D eigenvalue weighted by molar-refractivity contribution is -0.113. The summed E-state index contributed by atoms with van der Waals surface area (Å²) >= 11 is 9.38. The highest BCUT2D eigenvalue weighted by Crippen LogP contribution is 2.39. The van der Waals surface area contributed by atoms with Gasteiger partial charge in [0.2, 0.25) is 11.1 Å². The zero-order chi connectivity index (χ0) is 24.4. The topological polar surface area (TPSA) is 81.1 Å². The van der Waals surface area contributed by atoms with Crippen molar-refractivity contribution in [2.75, 3.05) is 17.7 Å². The van der Waals surface area contributed by atoms with E-state index in [9.17, 15) is 4.79 Å². The van der Waals surface area contributed by atoms with E-state index >= 15 is 0 Å². The number of allylic oxidation sites excluding steroid dienone is 1. The second-order valence-electron chi connectivity index (χ2n) is 7.78. The molecule has 2 aromatic carbocycles. The van der Waals surface area contributed by atoms with Crippen LogP contribution < -0.4 is 15.4 Å². The van der Waals surface area contributed by atoms with E-state index in [1.54, 1.807) is 23.1 Å². The van der Waals surface area contributed by atoms with Gasteiger partial charge in [0.1, 0.15) is 11.8 Å². The zero-order valence-corrected chi connectivity index (χ0v) is 21.4. The average Bonchev–Trinajstić information content (AvgIpc) is 3.53. The third-order valence-electron chi connectivity index (χ3n) is 5.56. The van der Waals surface area contributed by atoms with Crippen LogP contribution in [-0.2, 0) is 10.5 Å². The lowest BCUT2D eigenvalue weighted by Crippen LogP contribution is -2.31. The predicted molar refractivity (Wildman–Crippen MR) is 141 cm³/mol. The van der Waals surface area contributed by atoms with E-state index in [1.165, 1.54) is 11.8 Å². The van der Waals surface area contributed by atoms with Gasteiger partial charge in [-0.05, 0) is 42.1 Å². The van der Waals surface area contributed by atoms with E-state index in [0.717, 1.165) is 16.1 Å². The molecule has 1 atom stereocenters. The van der Waals surface area contributed by atoms with Crippen LogP contribution in [0.3, 0.4) is 0 Å². The minimum atomic E-state index is -0.414. The van der Waals surface area contributed by atoms with Crippen molar-refractivity contribution in [3.8, 4) is 5.75 Å². The molecule has 1 amide bonds. The molecule has 0 saturated heterocycles. The van der Waals surface area contributed by atoms with Gasteiger partial charge in [-0.25, -0.2) is 4.68 Å². The smallest absolute Gasteiger partial charge is 0.256 e. The molecule has 4 aromatic rings. The van der Waals surface area contributed by atoms with Crippen molar-refractivity contribution in [2.24, 2.45) is 0 Å². The molecule has 2 aromatic heterocycles. The first-order chi connectivity index (χ1) is 17.0. The van der Waals surface area contributed by atoms with Crippen LogP contribution >= 0.6 is 34.7 Å². The molecular formula is C25H22ClN5O2S2. The molecule has 2 N–H and O–H groups in total. The number of hydrogen-bond acceptors (Lipinski definition) is 7. The number of benzene rings is 2. The van der Waals surface area contributed by atoms with Crippen LogP contribution in [0.25, 0.3) is 0 Å². The number of thiophene rings is 1. The van der Waals surface area contributed by atoms with Gasteiger partial charge >= 0.3 is 0 Å². The Morgan fingerprint density at radius 1 is 1.20 bits per heavy atom. The molecule has 178 valence electrons. The van der Waals surface area contributed by atoms with Crippen molar-refractivity contribution in [3.63, 3.8) is 0 Å². The maximum Gasteiger partial charge on any atom is 0.256 e. The summed E-state index contributed by atoms with van der Waals surface area (Å²) in [5.41, 5.74) is 2.91. The van der Waals surface area contributed by atoms with E-state index in [1.807, 2.05) is 73.0 Å². The number of nitrogens with one attached hydrogen (secondary N) is 2. The number of aromatic nitrogens is 3. The molecule has 0 bridgehead atoms. The van der Waals surface area contributed by atoms with Gasteiger partial charge in [-0.1, -0.05) is 59.8 Å². The summed E-state index contributed by atoms with van der Waals surface area (Å²) < 4.78 is 7.19. The normalized spacial score (nSPS) is 14.9. The van der Waals surface area contributed by atoms with Crippen LogP contribution in [0.2, 0.25) is 5.02 Å². The van der Waals surface area contributed by atoms with Gasteiger partial charge in [0.15, 0.2) is 0 Å². The van der Waals surface area contributed by atoms with Crippen LogP contribution in [0.15, 0.2) is 82.5 Å². The van der Waals surface area contributed by atoms with Crippen molar-refractivity contribution in [1.29, 1.82) is 0 Å². The number of halogens is 1. The number of anilines is 2. The predicted octanol–water partition coefficient (Wildman–Crippen LogP) is 6.22. The number of carbonyl (C=O) groups excluding carboxylic acids is 1. The van der Waals surface area contributed by atoms with Crippen molar-refractivity contribution < 1.29 is 9.53 Å². The third-order valence-corrected chi connectivity index (χ3v) is 7.74. The van der Waals surface area contributed by atoms with Crippen LogP contribution in [-0.4, -0.2) is 27.8 Å². The van der Waals surface area contributed by atoms with Crippen LogP contribution in [0.4, 0.5) is 11.6 Å². The summed E-state index contributed by atoms with van der Waals surface area (Å²) in [6.45, 7) is 1.88. The Kier molecular flexibility index (Phi) is 6.81. The summed E-state index contributed by atoms with van der Waals surface area (Å²) in [4.78, 5) is 19.3. The second kappa shape index (κ2) is 10.2. The zero-order valence-electron chi connectivity index (χ0n) is 19.0. The van der Waals surface area contributed by atoms with Gasteiger partial charge in [0.05, 0.1) is 18.4 Å². The fraction of sp³-hybridized carbons (Fsp3) is 0.160. The molecule has 5 rings (SSSR count). The SMILES string of the molecule is COc1ccccc1NC(=O)C1=C(C)Nc2nc(SCc3ccccc3Cl)nn2[C@@H]1c1cccs1. The highest BCUT2D eigenvalue weighted by Gasteiger charge is 2.35. The first kappa shape index (κ1) is 23.5. The largest absolute Gasteiger partial charge is 0.495 e. The Bertz CT molecular complexity index is 1400. The number of nitrogens with zero attached hydrogens (tertiary/aromatic N) is 3. The molecule has 0 unspecified atom stereocenters. The quantitative estimate of drug-likeness (QED) is 0.280. The number of rotatable bonds is 7. The molecule has 0 saturated carbocycles. The Morgan fingerprint density at radius 3 is 2.77 bits per heavy atom. The van der Waals surface area contributed by atoms with E-state index in [-0.39, 0.29) is 5.91 Å². The summed E-state index contributed by atoms with van der Waals surface area (Å²) in [6, 6.07) is 18.6. The summed E-state index contributed by atoms with van der Waals surface area (Å²) in [6.07, 6.45) is 0. The number of thioether (sulfide) groups is 1. The number of carbonyl (C=O) groups is 1. The van der Waals surface area contributed by atoms with Crippen molar-refractivity contribution in [3.05, 3.63) is 92.8 Å². The second-order valence-corrected chi connectivity index (χ2v) is 10.1. The lowest BCUT2D eigenvalue weighted by atomic mass is 10.0. The Morgan fingerprint density at radius 2 is 2.00 bits per heavy atom. The minimum Gasteiger partial charge on any atom is -0.495 e. The molecule has 0 aliphatic carbocycles. The molecule has 0 fully saturated rings. The van der Waals surface area contributed by atoms with Crippen molar-refractivity contribution in [2.45, 2.75) is 23.9 Å². The summed E-state index contributed by atoms with van der Waals surface area (Å²) in [7, 11) is 1.58. The average molecular weight is 524 g/mol. The summed E-state index contributed by atoms with van der Waals surface area (Å²) in [5.74, 6) is 1.59. The molecule has 10 heteroatoms. The third kappa shape index (κ3) is 4.80. The van der Waals surface area contributed by atoms with E-state index < -0.39 is 6.04 Å². The Balaban J connectivity index is 1.46. The van der Waals surface area contributed by atoms with Gasteiger partial charge in [-0.15, -0.1) is 16.4 Å². The van der Waals surface area contributed by atoms with Crippen LogP contribution in [0.1, 0.15) is 23.4 Å². The molecule has 7 nitrogen and oxygen atoms in total. The monoisotopic (exact) mass is 523 g/mol. The Labute approximate surface area is 216 Å². The van der Waals surface area contributed by atoms with Gasteiger partial charge < -0.3 is 15.4 Å². The highest BCUT2D eigenvalue weighted by molar-refractivity contribution is 7.98. The lowest BCUT2D eigenvalue weighted by Gasteiger charge is -2.27. The van der Waals surface area contributed by atoms with Gasteiger partial charge in [-0.3, -0.25) is 4.79 Å². The van der Waals surface area contributed by atoms with Gasteiger partial charge in [-0.2, -0.15) is 4.98 Å². The molecule has 35 heavy (non-hydrogen) atoms. The standard InChI is InChI=1S/C25H22ClN5O2S2/c1-15-21(23(32)28-18-10-5-6-11-19(18)33-2)22(20-12-7-13-34-20)31-24(27-15)29-25(30-31)35-14-16-8-3-4-9-17(16)26/h3-13,22H,14H2,1-2H3,(H,28,32)(H,27,29,30)/t22-/m1/s1. The van der Waals surface area contributed by atoms with Crippen molar-refractivity contribution in [1.82, 2.24) is 14.8 Å². The fourth-order valence-corrected chi connectivity index (χ4v) is 5.82. The fourth-order valence-electron chi connectivity index (χ4n) is 3.89. The molecular weight excluding hydrogens is 502 g/mol. The van der Waals surface area contributed by atoms with Gasteiger partial charge in [0.25, 0.3) is 5.91 Å². The number of methoxy groups -OCH3 is 1. The molecule has 3 heterocycles.